The van der Waals surface area contributed by atoms with E-state index in [9.17, 15) is 18.0 Å². The van der Waals surface area contributed by atoms with Crippen LogP contribution in [0.25, 0.3) is 0 Å². The summed E-state index contributed by atoms with van der Waals surface area (Å²) >= 11 is 3.23. The topological polar surface area (TPSA) is 58.1 Å². The quantitative estimate of drug-likeness (QED) is 0.890. The van der Waals surface area contributed by atoms with Crippen molar-refractivity contribution in [1.82, 2.24) is 15.3 Å². The highest BCUT2D eigenvalue weighted by molar-refractivity contribution is 9.10. The third-order valence-electron chi connectivity index (χ3n) is 3.14. The molecule has 1 aromatic rings. The average molecular weight is 367 g/mol. The maximum atomic E-state index is 12.1. The van der Waals surface area contributed by atoms with Crippen LogP contribution < -0.4 is 10.2 Å². The summed E-state index contributed by atoms with van der Waals surface area (Å²) in [5.74, 6) is -0.575. The molecule has 0 radical (unpaired) electrons. The van der Waals surface area contributed by atoms with Gasteiger partial charge < -0.3 is 10.2 Å². The van der Waals surface area contributed by atoms with Crippen molar-refractivity contribution < 1.29 is 18.0 Å². The molecule has 0 bridgehead atoms. The van der Waals surface area contributed by atoms with E-state index in [1.165, 1.54) is 0 Å². The van der Waals surface area contributed by atoms with Crippen molar-refractivity contribution in [2.75, 3.05) is 24.5 Å². The van der Waals surface area contributed by atoms with E-state index in [1.807, 2.05) is 10.2 Å². The molecule has 1 unspecified atom stereocenters. The van der Waals surface area contributed by atoms with Gasteiger partial charge in [-0.3, -0.25) is 4.79 Å². The lowest BCUT2D eigenvalue weighted by atomic mass is 9.97. The van der Waals surface area contributed by atoms with Crippen LogP contribution in [-0.2, 0) is 4.79 Å². The molecule has 1 aromatic heterocycles. The number of hydrogen-bond donors (Lipinski definition) is 1. The number of piperidine rings is 1. The van der Waals surface area contributed by atoms with Gasteiger partial charge in [0.15, 0.2) is 0 Å². The number of carbonyl (C=O) groups is 1. The van der Waals surface area contributed by atoms with Gasteiger partial charge in [-0.1, -0.05) is 0 Å². The van der Waals surface area contributed by atoms with Crippen molar-refractivity contribution >= 4 is 27.8 Å². The summed E-state index contributed by atoms with van der Waals surface area (Å²) in [6.45, 7) is -0.285. The molecule has 21 heavy (non-hydrogen) atoms. The molecule has 0 spiro atoms. The zero-order valence-corrected chi connectivity index (χ0v) is 12.6. The molecule has 5 nitrogen and oxygen atoms in total. The molecule has 1 atom stereocenters. The van der Waals surface area contributed by atoms with Crippen molar-refractivity contribution in [1.29, 1.82) is 0 Å². The maximum absolute atomic E-state index is 12.1. The second kappa shape index (κ2) is 6.59. The first-order valence-corrected chi connectivity index (χ1v) is 7.21. The molecular weight excluding hydrogens is 353 g/mol. The third kappa shape index (κ3) is 4.83. The second-order valence-corrected chi connectivity index (χ2v) is 5.74. The zero-order chi connectivity index (χ0) is 15.5. The Balaban J connectivity index is 1.94. The number of carbonyl (C=O) groups excluding carboxylic acids is 1. The minimum absolute atomic E-state index is 0.325. The first-order valence-electron chi connectivity index (χ1n) is 6.42. The highest BCUT2D eigenvalue weighted by Crippen LogP contribution is 2.21. The SMILES string of the molecule is O=C(NCC(F)(F)F)C1CCCN(c2ncc(Br)cn2)C1. The Labute approximate surface area is 128 Å². The highest BCUT2D eigenvalue weighted by Gasteiger charge is 2.31. The van der Waals surface area contributed by atoms with Gasteiger partial charge >= 0.3 is 6.18 Å². The lowest BCUT2D eigenvalue weighted by Crippen LogP contribution is -2.45. The van der Waals surface area contributed by atoms with Gasteiger partial charge in [-0.2, -0.15) is 13.2 Å². The Morgan fingerprint density at radius 2 is 2.10 bits per heavy atom. The predicted octanol–water partition coefficient (Wildman–Crippen LogP) is 2.13. The van der Waals surface area contributed by atoms with Gasteiger partial charge in [-0.15, -0.1) is 0 Å². The largest absolute Gasteiger partial charge is 0.405 e. The number of aromatic nitrogens is 2. The van der Waals surface area contributed by atoms with Crippen molar-refractivity contribution in [3.8, 4) is 0 Å². The van der Waals surface area contributed by atoms with Gasteiger partial charge in [0.25, 0.3) is 0 Å². The monoisotopic (exact) mass is 366 g/mol. The fraction of sp³-hybridized carbons (Fsp3) is 0.583. The van der Waals surface area contributed by atoms with Gasteiger partial charge in [0, 0.05) is 25.5 Å². The van der Waals surface area contributed by atoms with Crippen LogP contribution in [-0.4, -0.2) is 41.7 Å². The lowest BCUT2D eigenvalue weighted by Gasteiger charge is -2.32. The van der Waals surface area contributed by atoms with E-state index in [1.54, 1.807) is 12.4 Å². The molecule has 1 aliphatic rings. The smallest absolute Gasteiger partial charge is 0.347 e. The summed E-state index contributed by atoms with van der Waals surface area (Å²) in [6.07, 6.45) is 0.0738. The number of amides is 1. The number of alkyl halides is 3. The highest BCUT2D eigenvalue weighted by atomic mass is 79.9. The van der Waals surface area contributed by atoms with E-state index >= 15 is 0 Å². The Morgan fingerprint density at radius 1 is 1.43 bits per heavy atom. The van der Waals surface area contributed by atoms with Crippen molar-refractivity contribution in [2.24, 2.45) is 5.92 Å². The van der Waals surface area contributed by atoms with Crippen LogP contribution in [0.3, 0.4) is 0 Å². The van der Waals surface area contributed by atoms with Crippen LogP contribution in [0.5, 0.6) is 0 Å². The van der Waals surface area contributed by atoms with Crippen molar-refractivity contribution in [3.63, 3.8) is 0 Å². The minimum Gasteiger partial charge on any atom is -0.347 e. The van der Waals surface area contributed by atoms with Crippen LogP contribution in [0.2, 0.25) is 0 Å². The van der Waals surface area contributed by atoms with Crippen molar-refractivity contribution in [2.45, 2.75) is 19.0 Å². The molecule has 1 fully saturated rings. The van der Waals surface area contributed by atoms with Crippen molar-refractivity contribution in [3.05, 3.63) is 16.9 Å². The average Bonchev–Trinajstić information content (AvgIpc) is 2.45. The van der Waals surface area contributed by atoms with E-state index in [0.717, 1.165) is 4.47 Å². The van der Waals surface area contributed by atoms with E-state index in [0.29, 0.717) is 31.9 Å². The Bertz CT molecular complexity index is 494. The minimum atomic E-state index is -4.39. The Kier molecular flexibility index (Phi) is 5.02. The number of nitrogens with one attached hydrogen (secondary N) is 1. The van der Waals surface area contributed by atoms with Crippen LogP contribution in [0.15, 0.2) is 16.9 Å². The Morgan fingerprint density at radius 3 is 2.71 bits per heavy atom. The molecule has 1 saturated heterocycles. The molecule has 9 heteroatoms. The summed E-state index contributed by atoms with van der Waals surface area (Å²) in [4.78, 5) is 21.9. The van der Waals surface area contributed by atoms with Gasteiger partial charge in [0.1, 0.15) is 6.54 Å². The van der Waals surface area contributed by atoms with E-state index in [2.05, 4.69) is 25.9 Å². The first-order chi connectivity index (χ1) is 9.85. The molecule has 1 aliphatic heterocycles. The lowest BCUT2D eigenvalue weighted by molar-refractivity contribution is -0.140. The van der Waals surface area contributed by atoms with E-state index < -0.39 is 24.5 Å². The summed E-state index contributed by atoms with van der Waals surface area (Å²) < 4.78 is 37.1. The zero-order valence-electron chi connectivity index (χ0n) is 11.0. The van der Waals surface area contributed by atoms with Gasteiger partial charge in [0.2, 0.25) is 11.9 Å². The number of hydrogen-bond acceptors (Lipinski definition) is 4. The first kappa shape index (κ1) is 16.0. The number of nitrogens with zero attached hydrogens (tertiary/aromatic N) is 3. The normalized spacial score (nSPS) is 19.4. The molecule has 2 rings (SSSR count). The fourth-order valence-electron chi connectivity index (χ4n) is 2.17. The molecule has 0 aromatic carbocycles. The van der Waals surface area contributed by atoms with Crippen LogP contribution in [0.4, 0.5) is 19.1 Å². The summed E-state index contributed by atoms with van der Waals surface area (Å²) in [6, 6.07) is 0. The third-order valence-corrected chi connectivity index (χ3v) is 3.55. The van der Waals surface area contributed by atoms with Gasteiger partial charge in [-0.25, -0.2) is 9.97 Å². The molecule has 1 N–H and O–H groups in total. The summed E-state index contributed by atoms with van der Waals surface area (Å²) in [5, 5.41) is 1.93. The Hall–Kier alpha value is -1.38. The van der Waals surface area contributed by atoms with Crippen LogP contribution >= 0.6 is 15.9 Å². The van der Waals surface area contributed by atoms with E-state index in [4.69, 9.17) is 0 Å². The standard InChI is InChI=1S/C12H14BrF3N4O/c13-9-4-17-11(18-5-9)20-3-1-2-8(6-20)10(21)19-7-12(14,15)16/h4-5,8H,1-3,6-7H2,(H,19,21). The van der Waals surface area contributed by atoms with Gasteiger partial charge in [0.05, 0.1) is 10.4 Å². The number of rotatable bonds is 3. The molecule has 2 heterocycles. The summed E-state index contributed by atoms with van der Waals surface area (Å²) in [7, 11) is 0. The maximum Gasteiger partial charge on any atom is 0.405 e. The molecule has 1 amide bonds. The van der Waals surface area contributed by atoms with Crippen LogP contribution in [0.1, 0.15) is 12.8 Å². The number of anilines is 1. The molecule has 0 aliphatic carbocycles. The number of halogens is 4. The van der Waals surface area contributed by atoms with E-state index in [-0.39, 0.29) is 0 Å². The fourth-order valence-corrected chi connectivity index (χ4v) is 2.38. The van der Waals surface area contributed by atoms with Crippen LogP contribution in [0, 0.1) is 5.92 Å². The summed E-state index contributed by atoms with van der Waals surface area (Å²) in [5.41, 5.74) is 0. The predicted molar refractivity (Wildman–Crippen MR) is 73.7 cm³/mol. The molecule has 0 saturated carbocycles. The second-order valence-electron chi connectivity index (χ2n) is 4.82. The molecule has 116 valence electrons. The molecular formula is C12H14BrF3N4O. The van der Waals surface area contributed by atoms with Gasteiger partial charge in [-0.05, 0) is 28.8 Å².